The van der Waals surface area contributed by atoms with Gasteiger partial charge in [-0.3, -0.25) is 4.79 Å². The molecule has 0 fully saturated rings. The number of likely N-dealkylation sites (N-methyl/N-ethyl adjacent to an activating group) is 1. The Labute approximate surface area is 144 Å². The summed E-state index contributed by atoms with van der Waals surface area (Å²) in [5.41, 5.74) is 0.381. The van der Waals surface area contributed by atoms with Crippen molar-refractivity contribution in [1.82, 2.24) is 5.32 Å². The van der Waals surface area contributed by atoms with Crippen LogP contribution in [0.25, 0.3) is 10.8 Å². The van der Waals surface area contributed by atoms with Crippen LogP contribution in [0.15, 0.2) is 42.5 Å². The largest absolute Gasteiger partial charge is 0.333 e. The van der Waals surface area contributed by atoms with Gasteiger partial charge in [-0.25, -0.2) is 0 Å². The van der Waals surface area contributed by atoms with Gasteiger partial charge in [0.25, 0.3) is 5.91 Å². The highest BCUT2D eigenvalue weighted by Gasteiger charge is 2.30. The zero-order valence-corrected chi connectivity index (χ0v) is 14.9. The number of quaternary nitrogens is 1. The monoisotopic (exact) mass is 324 g/mol. The summed E-state index contributed by atoms with van der Waals surface area (Å²) in [5.74, 6) is -0.0294. The van der Waals surface area contributed by atoms with Crippen LogP contribution in [0.1, 0.15) is 26.3 Å². The maximum absolute atomic E-state index is 12.3. The molecule has 126 valence electrons. The minimum atomic E-state index is -0.819. The Morgan fingerprint density at radius 2 is 1.92 bits per heavy atom. The van der Waals surface area contributed by atoms with Gasteiger partial charge in [-0.15, -0.1) is 0 Å². The molecule has 0 aliphatic heterocycles. The zero-order chi connectivity index (χ0) is 17.7. The topological polar surface area (TPSA) is 57.3 Å². The van der Waals surface area contributed by atoms with Crippen LogP contribution in [0.3, 0.4) is 0 Å². The summed E-state index contributed by atoms with van der Waals surface area (Å²) < 4.78 is 0. The maximum Gasteiger partial charge on any atom is 0.276 e. The molecule has 0 aromatic heterocycles. The second-order valence-corrected chi connectivity index (χ2v) is 7.01. The van der Waals surface area contributed by atoms with E-state index >= 15 is 0 Å². The van der Waals surface area contributed by atoms with Crippen molar-refractivity contribution < 1.29 is 9.69 Å². The molecule has 2 N–H and O–H groups in total. The zero-order valence-electron chi connectivity index (χ0n) is 14.9. The van der Waals surface area contributed by atoms with Crippen molar-refractivity contribution in [2.45, 2.75) is 32.9 Å². The summed E-state index contributed by atoms with van der Waals surface area (Å²) in [4.78, 5) is 13.3. The minimum absolute atomic E-state index is 0.0623. The first-order valence-electron chi connectivity index (χ1n) is 8.35. The number of rotatable bonds is 6. The third kappa shape index (κ3) is 4.33. The molecule has 0 radical (unpaired) electrons. The molecule has 0 aliphatic carbocycles. The highest BCUT2D eigenvalue weighted by molar-refractivity contribution is 5.83. The quantitative estimate of drug-likeness (QED) is 0.853. The second-order valence-electron chi connectivity index (χ2n) is 7.01. The van der Waals surface area contributed by atoms with E-state index in [1.54, 1.807) is 6.92 Å². The van der Waals surface area contributed by atoms with Crippen molar-refractivity contribution in [1.29, 1.82) is 5.26 Å². The number of benzene rings is 2. The summed E-state index contributed by atoms with van der Waals surface area (Å²) in [5, 5.41) is 14.6. The van der Waals surface area contributed by atoms with Crippen molar-refractivity contribution in [3.63, 3.8) is 0 Å². The minimum Gasteiger partial charge on any atom is -0.333 e. The molecule has 0 spiro atoms. The molecular weight excluding hydrogens is 298 g/mol. The van der Waals surface area contributed by atoms with Gasteiger partial charge in [-0.05, 0) is 29.7 Å². The molecule has 4 heteroatoms. The maximum atomic E-state index is 12.3. The summed E-state index contributed by atoms with van der Waals surface area (Å²) >= 11 is 0. The van der Waals surface area contributed by atoms with E-state index in [1.807, 2.05) is 33.0 Å². The first-order chi connectivity index (χ1) is 11.3. The molecule has 0 saturated heterocycles. The van der Waals surface area contributed by atoms with Crippen LogP contribution in [0.2, 0.25) is 0 Å². The van der Waals surface area contributed by atoms with Crippen LogP contribution >= 0.6 is 0 Å². The smallest absolute Gasteiger partial charge is 0.276 e. The fourth-order valence-corrected chi connectivity index (χ4v) is 2.67. The Bertz CT molecular complexity index is 763. The van der Waals surface area contributed by atoms with Crippen LogP contribution in [-0.2, 0) is 11.3 Å². The highest BCUT2D eigenvalue weighted by Crippen LogP contribution is 2.15. The number of carbonyl (C=O) groups excluding carboxylic acids is 1. The molecule has 2 atom stereocenters. The van der Waals surface area contributed by atoms with Gasteiger partial charge < -0.3 is 10.2 Å². The van der Waals surface area contributed by atoms with Crippen LogP contribution in [0.4, 0.5) is 0 Å². The van der Waals surface area contributed by atoms with Crippen LogP contribution in [-0.4, -0.2) is 25.0 Å². The highest BCUT2D eigenvalue weighted by atomic mass is 16.2. The second kappa shape index (κ2) is 7.46. The molecule has 0 saturated carbocycles. The van der Waals surface area contributed by atoms with E-state index in [0.717, 1.165) is 11.4 Å². The normalized spacial score (nSPS) is 14.8. The van der Waals surface area contributed by atoms with Gasteiger partial charge in [-0.1, -0.05) is 50.2 Å². The van der Waals surface area contributed by atoms with Crippen LogP contribution in [0, 0.1) is 17.2 Å². The third-order valence-electron chi connectivity index (χ3n) is 4.57. The number of carbonyl (C=O) groups is 1. The SMILES string of the molecule is CC(C)[C@@](C)(C#N)NC(=O)C[NH+](C)Cc1ccc2ccccc2c1. The molecule has 1 unspecified atom stereocenters. The Balaban J connectivity index is 1.98. The molecular formula is C20H26N3O+. The Morgan fingerprint density at radius 1 is 1.25 bits per heavy atom. The summed E-state index contributed by atoms with van der Waals surface area (Å²) in [6.07, 6.45) is 0. The van der Waals surface area contributed by atoms with Crippen molar-refractivity contribution in [2.24, 2.45) is 5.92 Å². The lowest BCUT2D eigenvalue weighted by atomic mass is 9.90. The Kier molecular flexibility index (Phi) is 5.58. The molecule has 4 nitrogen and oxygen atoms in total. The summed E-state index contributed by atoms with van der Waals surface area (Å²) in [6, 6.07) is 16.9. The average Bonchev–Trinajstić information content (AvgIpc) is 2.54. The third-order valence-corrected chi connectivity index (χ3v) is 4.57. The first-order valence-corrected chi connectivity index (χ1v) is 8.35. The molecule has 2 rings (SSSR count). The van der Waals surface area contributed by atoms with E-state index < -0.39 is 5.54 Å². The van der Waals surface area contributed by atoms with Crippen LogP contribution in [0.5, 0.6) is 0 Å². The first kappa shape index (κ1) is 18.0. The van der Waals surface area contributed by atoms with Gasteiger partial charge in [0.05, 0.1) is 13.1 Å². The predicted octanol–water partition coefficient (Wildman–Crippen LogP) is 1.91. The number of nitrogens with zero attached hydrogens (tertiary/aromatic N) is 1. The molecule has 0 heterocycles. The molecule has 0 bridgehead atoms. The number of amides is 1. The fourth-order valence-electron chi connectivity index (χ4n) is 2.67. The van der Waals surface area contributed by atoms with Gasteiger partial charge >= 0.3 is 0 Å². The standard InChI is InChI=1S/C20H25N3O/c1-15(2)20(3,14-21)22-19(24)13-23(4)12-16-9-10-17-7-5-6-8-18(17)11-16/h5-11,15H,12-13H2,1-4H3,(H,22,24)/p+1/t20-/m1/s1. The predicted molar refractivity (Wildman–Crippen MR) is 96.4 cm³/mol. The fraction of sp³-hybridized carbons (Fsp3) is 0.400. The Hall–Kier alpha value is -2.38. The van der Waals surface area contributed by atoms with E-state index in [1.165, 1.54) is 16.3 Å². The van der Waals surface area contributed by atoms with E-state index in [9.17, 15) is 10.1 Å². The van der Waals surface area contributed by atoms with E-state index in [-0.39, 0.29) is 11.8 Å². The van der Waals surface area contributed by atoms with Gasteiger partial charge in [0.2, 0.25) is 0 Å². The molecule has 24 heavy (non-hydrogen) atoms. The lowest BCUT2D eigenvalue weighted by Crippen LogP contribution is -3.09. The van der Waals surface area contributed by atoms with Gasteiger partial charge in [0.1, 0.15) is 12.1 Å². The van der Waals surface area contributed by atoms with Crippen molar-refractivity contribution in [3.8, 4) is 6.07 Å². The van der Waals surface area contributed by atoms with Gasteiger partial charge in [0.15, 0.2) is 6.54 Å². The van der Waals surface area contributed by atoms with E-state index in [4.69, 9.17) is 0 Å². The summed E-state index contributed by atoms with van der Waals surface area (Å²) in [6.45, 7) is 6.76. The number of hydrogen-bond donors (Lipinski definition) is 2. The molecule has 2 aromatic rings. The van der Waals surface area contributed by atoms with Crippen molar-refractivity contribution in [3.05, 3.63) is 48.0 Å². The summed E-state index contributed by atoms with van der Waals surface area (Å²) in [7, 11) is 1.99. The lowest BCUT2D eigenvalue weighted by molar-refractivity contribution is -0.885. The number of nitrogens with one attached hydrogen (secondary N) is 2. The Morgan fingerprint density at radius 3 is 2.54 bits per heavy atom. The van der Waals surface area contributed by atoms with Crippen molar-refractivity contribution >= 4 is 16.7 Å². The number of nitriles is 1. The van der Waals surface area contributed by atoms with E-state index in [2.05, 4.69) is 41.7 Å². The average molecular weight is 324 g/mol. The van der Waals surface area contributed by atoms with Gasteiger partial charge in [0, 0.05) is 5.56 Å². The van der Waals surface area contributed by atoms with Gasteiger partial charge in [-0.2, -0.15) is 5.26 Å². The number of fused-ring (bicyclic) bond motifs is 1. The molecule has 1 amide bonds. The van der Waals surface area contributed by atoms with Crippen LogP contribution < -0.4 is 10.2 Å². The lowest BCUT2D eigenvalue weighted by Gasteiger charge is -2.27. The molecule has 0 aliphatic rings. The van der Waals surface area contributed by atoms with E-state index in [0.29, 0.717) is 6.54 Å². The number of hydrogen-bond acceptors (Lipinski definition) is 2. The molecule has 2 aromatic carbocycles. The van der Waals surface area contributed by atoms with Crippen molar-refractivity contribution in [2.75, 3.05) is 13.6 Å².